The lowest BCUT2D eigenvalue weighted by Crippen LogP contribution is -2.38. The van der Waals surface area contributed by atoms with Crippen LogP contribution in [0.3, 0.4) is 0 Å². The first-order valence-electron chi connectivity index (χ1n) is 4.05. The molecule has 1 aliphatic rings. The first-order valence-corrected chi connectivity index (χ1v) is 6.43. The summed E-state index contributed by atoms with van der Waals surface area (Å²) < 4.78 is 23.7. The van der Waals surface area contributed by atoms with E-state index < -0.39 is 10.0 Å². The van der Waals surface area contributed by atoms with E-state index in [0.717, 1.165) is 12.8 Å². The summed E-state index contributed by atoms with van der Waals surface area (Å²) in [6.45, 7) is 1.27. The van der Waals surface area contributed by atoms with Crippen molar-refractivity contribution in [2.75, 3.05) is 25.2 Å². The molecule has 0 radical (unpaired) electrons. The minimum absolute atomic E-state index is 0.504. The first kappa shape index (κ1) is 10.3. The Morgan fingerprint density at radius 2 is 1.92 bits per heavy atom. The number of nitrogens with zero attached hydrogens (tertiary/aromatic N) is 1. The highest BCUT2D eigenvalue weighted by Gasteiger charge is 2.23. The molecule has 0 amide bonds. The van der Waals surface area contributed by atoms with Crippen molar-refractivity contribution in [1.82, 2.24) is 4.31 Å². The third-order valence-electron chi connectivity index (χ3n) is 2.26. The zero-order valence-corrected chi connectivity index (χ0v) is 8.74. The number of hydrogen-bond acceptors (Lipinski definition) is 2. The highest BCUT2D eigenvalue weighted by atomic mass is 35.5. The molecule has 0 aliphatic carbocycles. The average molecular weight is 212 g/mol. The second-order valence-corrected chi connectivity index (χ2v) is 5.55. The van der Waals surface area contributed by atoms with Crippen molar-refractivity contribution >= 4 is 21.6 Å². The fourth-order valence-electron chi connectivity index (χ4n) is 1.40. The van der Waals surface area contributed by atoms with Gasteiger partial charge in [-0.2, -0.15) is 0 Å². The van der Waals surface area contributed by atoms with Crippen LogP contribution in [0, 0.1) is 5.92 Å². The fraction of sp³-hybridized carbons (Fsp3) is 1.00. The van der Waals surface area contributed by atoms with Crippen molar-refractivity contribution < 1.29 is 8.42 Å². The van der Waals surface area contributed by atoms with E-state index in [4.69, 9.17) is 11.6 Å². The van der Waals surface area contributed by atoms with E-state index in [1.54, 1.807) is 0 Å². The topological polar surface area (TPSA) is 37.4 Å². The molecule has 0 aromatic heterocycles. The van der Waals surface area contributed by atoms with E-state index in [2.05, 4.69) is 0 Å². The maximum atomic E-state index is 11.1. The molecule has 1 fully saturated rings. The first-order chi connectivity index (χ1) is 5.54. The molecule has 0 saturated carbocycles. The predicted octanol–water partition coefficient (Wildman–Crippen LogP) is 0.897. The summed E-state index contributed by atoms with van der Waals surface area (Å²) in [4.78, 5) is 0. The largest absolute Gasteiger partial charge is 0.213 e. The van der Waals surface area contributed by atoms with Gasteiger partial charge in [0, 0.05) is 19.0 Å². The maximum Gasteiger partial charge on any atom is 0.211 e. The molecule has 1 aliphatic heterocycles. The van der Waals surface area contributed by atoms with Gasteiger partial charge in [0.15, 0.2) is 0 Å². The van der Waals surface area contributed by atoms with Crippen LogP contribution in [0.2, 0.25) is 0 Å². The van der Waals surface area contributed by atoms with Crippen LogP contribution in [-0.4, -0.2) is 37.9 Å². The van der Waals surface area contributed by atoms with Gasteiger partial charge in [-0.25, -0.2) is 12.7 Å². The third kappa shape index (κ3) is 2.61. The van der Waals surface area contributed by atoms with Crippen LogP contribution < -0.4 is 0 Å². The standard InChI is InChI=1S/C7H14ClNO2S/c1-12(10,11)9-4-2-7(6-8)3-5-9/h7H,2-6H2,1H3. The number of halogens is 1. The lowest BCUT2D eigenvalue weighted by molar-refractivity contribution is 0.291. The van der Waals surface area contributed by atoms with Crippen LogP contribution in [-0.2, 0) is 10.0 Å². The lowest BCUT2D eigenvalue weighted by Gasteiger charge is -2.28. The lowest BCUT2D eigenvalue weighted by atomic mass is 10.0. The molecule has 0 unspecified atom stereocenters. The number of alkyl halides is 1. The third-order valence-corrected chi connectivity index (χ3v) is 4.00. The summed E-state index contributed by atoms with van der Waals surface area (Å²) >= 11 is 5.67. The maximum absolute atomic E-state index is 11.1. The van der Waals surface area contributed by atoms with Crippen LogP contribution in [0.5, 0.6) is 0 Å². The van der Waals surface area contributed by atoms with Crippen LogP contribution in [0.15, 0.2) is 0 Å². The number of hydrogen-bond donors (Lipinski definition) is 0. The van der Waals surface area contributed by atoms with E-state index in [1.165, 1.54) is 10.6 Å². The summed E-state index contributed by atoms with van der Waals surface area (Å²) in [5.41, 5.74) is 0. The van der Waals surface area contributed by atoms with Gasteiger partial charge in [-0.1, -0.05) is 0 Å². The van der Waals surface area contributed by atoms with Crippen LogP contribution in [0.1, 0.15) is 12.8 Å². The molecule has 0 aromatic rings. The second-order valence-electron chi connectivity index (χ2n) is 3.26. The van der Waals surface area contributed by atoms with Gasteiger partial charge in [0.05, 0.1) is 6.26 Å². The highest BCUT2D eigenvalue weighted by molar-refractivity contribution is 7.88. The van der Waals surface area contributed by atoms with Gasteiger partial charge in [-0.3, -0.25) is 0 Å². The van der Waals surface area contributed by atoms with Gasteiger partial charge in [-0.05, 0) is 18.8 Å². The van der Waals surface area contributed by atoms with Gasteiger partial charge in [0.25, 0.3) is 0 Å². The van der Waals surface area contributed by atoms with Gasteiger partial charge >= 0.3 is 0 Å². The Balaban J connectivity index is 2.47. The smallest absolute Gasteiger partial charge is 0.211 e. The Kier molecular flexibility index (Phi) is 3.37. The summed E-state index contributed by atoms with van der Waals surface area (Å²) in [6.07, 6.45) is 3.06. The average Bonchev–Trinajstić information content (AvgIpc) is 2.03. The predicted molar refractivity (Wildman–Crippen MR) is 49.9 cm³/mol. The molecule has 0 N–H and O–H groups in total. The second kappa shape index (κ2) is 3.94. The molecule has 1 heterocycles. The van der Waals surface area contributed by atoms with E-state index in [1.807, 2.05) is 0 Å². The van der Waals surface area contributed by atoms with Crippen molar-refractivity contribution in [1.29, 1.82) is 0 Å². The molecule has 72 valence electrons. The molecular weight excluding hydrogens is 198 g/mol. The number of sulfonamides is 1. The molecule has 1 saturated heterocycles. The summed E-state index contributed by atoms with van der Waals surface area (Å²) in [5.74, 6) is 1.15. The van der Waals surface area contributed by atoms with Crippen molar-refractivity contribution in [2.45, 2.75) is 12.8 Å². The van der Waals surface area contributed by atoms with E-state index in [0.29, 0.717) is 24.9 Å². The molecule has 1 rings (SSSR count). The quantitative estimate of drug-likeness (QED) is 0.637. The number of rotatable bonds is 2. The normalized spacial score (nSPS) is 22.8. The Hall–Kier alpha value is 0.200. The molecule has 12 heavy (non-hydrogen) atoms. The molecule has 0 spiro atoms. The molecule has 5 heteroatoms. The summed E-state index contributed by atoms with van der Waals surface area (Å²) in [5, 5.41) is 0. The molecule has 0 atom stereocenters. The van der Waals surface area contributed by atoms with Crippen molar-refractivity contribution in [2.24, 2.45) is 5.92 Å². The number of piperidine rings is 1. The zero-order chi connectivity index (χ0) is 9.19. The van der Waals surface area contributed by atoms with Gasteiger partial charge in [-0.15, -0.1) is 11.6 Å². The Bertz CT molecular complexity index is 232. The highest BCUT2D eigenvalue weighted by Crippen LogP contribution is 2.19. The van der Waals surface area contributed by atoms with Crippen LogP contribution in [0.4, 0.5) is 0 Å². The van der Waals surface area contributed by atoms with E-state index in [9.17, 15) is 8.42 Å². The van der Waals surface area contributed by atoms with Crippen molar-refractivity contribution in [3.63, 3.8) is 0 Å². The van der Waals surface area contributed by atoms with Gasteiger partial charge in [0.1, 0.15) is 0 Å². The Labute approximate surface area is 78.7 Å². The van der Waals surface area contributed by atoms with Gasteiger partial charge in [0.2, 0.25) is 10.0 Å². The molecule has 0 aromatic carbocycles. The summed E-state index contributed by atoms with van der Waals surface area (Å²) in [7, 11) is -2.97. The SMILES string of the molecule is CS(=O)(=O)N1CCC(CCl)CC1. The monoisotopic (exact) mass is 211 g/mol. The summed E-state index contributed by atoms with van der Waals surface area (Å²) in [6, 6.07) is 0. The zero-order valence-electron chi connectivity index (χ0n) is 7.16. The molecular formula is C7H14ClNO2S. The van der Waals surface area contributed by atoms with Crippen molar-refractivity contribution in [3.8, 4) is 0 Å². The fourth-order valence-corrected chi connectivity index (χ4v) is 2.58. The Morgan fingerprint density at radius 3 is 2.25 bits per heavy atom. The van der Waals surface area contributed by atoms with E-state index >= 15 is 0 Å². The molecule has 3 nitrogen and oxygen atoms in total. The van der Waals surface area contributed by atoms with E-state index in [-0.39, 0.29) is 0 Å². The Morgan fingerprint density at radius 1 is 1.42 bits per heavy atom. The van der Waals surface area contributed by atoms with Gasteiger partial charge < -0.3 is 0 Å². The molecule has 0 bridgehead atoms. The minimum atomic E-state index is -2.97. The van der Waals surface area contributed by atoms with Crippen LogP contribution in [0.25, 0.3) is 0 Å². The van der Waals surface area contributed by atoms with Crippen LogP contribution >= 0.6 is 11.6 Å². The minimum Gasteiger partial charge on any atom is -0.213 e. The van der Waals surface area contributed by atoms with Crippen molar-refractivity contribution in [3.05, 3.63) is 0 Å².